The van der Waals surface area contributed by atoms with Crippen LogP contribution in [0.5, 0.6) is 0 Å². The molecule has 0 aromatic heterocycles. The zero-order chi connectivity index (χ0) is 40.7. The predicted molar refractivity (Wildman–Crippen MR) is 259 cm³/mol. The van der Waals surface area contributed by atoms with Crippen LogP contribution < -0.4 is 9.80 Å². The zero-order valence-electron chi connectivity index (χ0n) is 33.8. The smallest absolute Gasteiger partial charge is 0.0726 e. The van der Waals surface area contributed by atoms with Gasteiger partial charge in [0.15, 0.2) is 0 Å². The number of fused-ring (bicyclic) bond motifs is 13. The van der Waals surface area contributed by atoms with Gasteiger partial charge < -0.3 is 9.80 Å². The average molecular weight is 799 g/mol. The van der Waals surface area contributed by atoms with Gasteiger partial charge in [0.2, 0.25) is 0 Å². The molecule has 0 atom stereocenters. The molecule has 290 valence electrons. The van der Waals surface area contributed by atoms with Crippen LogP contribution in [0.3, 0.4) is 0 Å². The quantitative estimate of drug-likeness (QED) is 0.155. The van der Waals surface area contributed by atoms with Gasteiger partial charge in [-0.2, -0.15) is 0 Å². The summed E-state index contributed by atoms with van der Waals surface area (Å²) in [6.45, 7) is 9.41. The lowest BCUT2D eigenvalue weighted by Crippen LogP contribution is -2.27. The van der Waals surface area contributed by atoms with Crippen LogP contribution in [0, 0.1) is 0 Å². The van der Waals surface area contributed by atoms with Crippen molar-refractivity contribution in [2.75, 3.05) is 16.3 Å². The standard InChI is InChI=1S/C58H42N2S/c1-3-52-56(4-2)61-57-28-12-11-26-55(57)60(52)54-27-14-21-42-39(17-13-22-47(42)54)31-29-38-30-33-45-46-34-32-41(59-35-15-18-40-16-5-10-25-53(40)59)37-51(46)58(50(45)36-38)48-23-8-6-19-43(48)44-20-7-9-24-49(44)58/h3-14,16-17,19-34,36-37H,1-2,15,18,35H2/b31-29+. The molecular weight excluding hydrogens is 757 g/mol. The third-order valence-electron chi connectivity index (χ3n) is 13.3. The van der Waals surface area contributed by atoms with Gasteiger partial charge in [0.25, 0.3) is 0 Å². The van der Waals surface area contributed by atoms with E-state index in [1.807, 2.05) is 12.2 Å². The Bertz CT molecular complexity index is 3170. The highest BCUT2D eigenvalue weighted by Crippen LogP contribution is 2.63. The molecule has 8 aromatic rings. The van der Waals surface area contributed by atoms with Gasteiger partial charge in [-0.3, -0.25) is 0 Å². The minimum Gasteiger partial charge on any atom is -0.341 e. The van der Waals surface area contributed by atoms with Crippen molar-refractivity contribution in [3.8, 4) is 22.3 Å². The van der Waals surface area contributed by atoms with Gasteiger partial charge >= 0.3 is 0 Å². The number of hydrogen-bond donors (Lipinski definition) is 0. The Morgan fingerprint density at radius 2 is 1.18 bits per heavy atom. The van der Waals surface area contributed by atoms with Gasteiger partial charge in [-0.05, 0) is 128 Å². The van der Waals surface area contributed by atoms with Crippen molar-refractivity contribution < 1.29 is 0 Å². The van der Waals surface area contributed by atoms with Gasteiger partial charge in [0.1, 0.15) is 0 Å². The van der Waals surface area contributed by atoms with Crippen molar-refractivity contribution in [1.82, 2.24) is 0 Å². The highest BCUT2D eigenvalue weighted by molar-refractivity contribution is 8.03. The molecule has 3 heteroatoms. The van der Waals surface area contributed by atoms with E-state index >= 15 is 0 Å². The lowest BCUT2D eigenvalue weighted by molar-refractivity contribution is 0.762. The number of nitrogens with zero attached hydrogens (tertiary/aromatic N) is 2. The summed E-state index contributed by atoms with van der Waals surface area (Å²) in [4.78, 5) is 7.19. The second-order valence-corrected chi connectivity index (χ2v) is 17.5. The molecular formula is C58H42N2S. The van der Waals surface area contributed by atoms with Crippen LogP contribution in [0.15, 0.2) is 211 Å². The van der Waals surface area contributed by atoms with Crippen LogP contribution >= 0.6 is 11.8 Å². The highest BCUT2D eigenvalue weighted by atomic mass is 32.2. The number of rotatable bonds is 6. The van der Waals surface area contributed by atoms with E-state index in [2.05, 4.69) is 205 Å². The summed E-state index contributed by atoms with van der Waals surface area (Å²) in [7, 11) is 0. The summed E-state index contributed by atoms with van der Waals surface area (Å²) in [5.41, 5.74) is 20.0. The zero-order valence-corrected chi connectivity index (χ0v) is 34.6. The van der Waals surface area contributed by atoms with E-state index in [1.54, 1.807) is 11.8 Å². The fraction of sp³-hybridized carbons (Fsp3) is 0.0690. The summed E-state index contributed by atoms with van der Waals surface area (Å²) in [5.74, 6) is 0. The summed E-state index contributed by atoms with van der Waals surface area (Å²) in [5, 5.41) is 2.38. The Hall–Kier alpha value is -7.07. The van der Waals surface area contributed by atoms with Crippen molar-refractivity contribution in [3.63, 3.8) is 0 Å². The molecule has 0 radical (unpaired) electrons. The monoisotopic (exact) mass is 798 g/mol. The van der Waals surface area contributed by atoms with Crippen LogP contribution in [0.2, 0.25) is 0 Å². The van der Waals surface area contributed by atoms with Crippen molar-refractivity contribution in [3.05, 3.63) is 245 Å². The topological polar surface area (TPSA) is 6.48 Å². The molecule has 8 aromatic carbocycles. The van der Waals surface area contributed by atoms with Crippen LogP contribution in [-0.2, 0) is 11.8 Å². The van der Waals surface area contributed by atoms with E-state index in [4.69, 9.17) is 0 Å². The number of aryl methyl sites for hydroxylation is 1. The van der Waals surface area contributed by atoms with E-state index in [0.29, 0.717) is 0 Å². The van der Waals surface area contributed by atoms with E-state index < -0.39 is 5.41 Å². The molecule has 0 amide bonds. The van der Waals surface area contributed by atoms with Crippen LogP contribution in [0.25, 0.3) is 45.2 Å². The van der Waals surface area contributed by atoms with Crippen molar-refractivity contribution in [2.45, 2.75) is 23.2 Å². The fourth-order valence-corrected chi connectivity index (χ4v) is 11.8. The number of hydrogen-bond acceptors (Lipinski definition) is 3. The molecule has 2 aliphatic carbocycles. The Balaban J connectivity index is 1.00. The maximum atomic E-state index is 4.24. The third-order valence-corrected chi connectivity index (χ3v) is 14.5. The minimum atomic E-state index is -0.439. The number of anilines is 4. The maximum Gasteiger partial charge on any atom is 0.0726 e. The lowest BCUT2D eigenvalue weighted by Gasteiger charge is -2.34. The molecule has 2 heterocycles. The van der Waals surface area contributed by atoms with Crippen LogP contribution in [0.4, 0.5) is 22.7 Å². The van der Waals surface area contributed by atoms with E-state index in [1.165, 1.54) is 88.2 Å². The first kappa shape index (κ1) is 35.8. The van der Waals surface area contributed by atoms with Gasteiger partial charge in [0, 0.05) is 33.1 Å². The van der Waals surface area contributed by atoms with E-state index in [-0.39, 0.29) is 0 Å². The molecule has 4 aliphatic rings. The molecule has 61 heavy (non-hydrogen) atoms. The SMILES string of the molecule is C=CC1=C(C=C)N(c2cccc3c(/C=C/c4ccc5c(c4)C4(c6ccccc6-c6ccccc64)c4cc(N6CCCc7ccccc76)ccc4-5)cccc23)c2ccccc2S1. The molecule has 0 N–H and O–H groups in total. The van der Waals surface area contributed by atoms with E-state index in [0.717, 1.165) is 41.4 Å². The predicted octanol–water partition coefficient (Wildman–Crippen LogP) is 15.3. The summed E-state index contributed by atoms with van der Waals surface area (Å²) in [6, 6.07) is 63.4. The van der Waals surface area contributed by atoms with Gasteiger partial charge in [-0.25, -0.2) is 0 Å². The normalized spacial score (nSPS) is 15.3. The molecule has 12 rings (SSSR count). The average Bonchev–Trinajstić information content (AvgIpc) is 3.79. The third kappa shape index (κ3) is 5.24. The highest BCUT2D eigenvalue weighted by Gasteiger charge is 2.51. The molecule has 1 spiro atoms. The largest absolute Gasteiger partial charge is 0.341 e. The number of benzene rings is 8. The van der Waals surface area contributed by atoms with Crippen molar-refractivity contribution in [2.24, 2.45) is 0 Å². The summed E-state index contributed by atoms with van der Waals surface area (Å²) in [6.07, 6.45) is 10.8. The first-order valence-electron chi connectivity index (χ1n) is 21.3. The van der Waals surface area contributed by atoms with Gasteiger partial charge in [-0.15, -0.1) is 0 Å². The second-order valence-electron chi connectivity index (χ2n) is 16.4. The Labute approximate surface area is 362 Å². The molecule has 0 saturated carbocycles. The lowest BCUT2D eigenvalue weighted by atomic mass is 9.70. The van der Waals surface area contributed by atoms with Gasteiger partial charge in [-0.1, -0.05) is 171 Å². The van der Waals surface area contributed by atoms with E-state index in [9.17, 15) is 0 Å². The summed E-state index contributed by atoms with van der Waals surface area (Å²) >= 11 is 1.75. The number of allylic oxidation sites excluding steroid dienone is 2. The molecule has 2 aliphatic heterocycles. The number of thioether (sulfide) groups is 1. The Morgan fingerprint density at radius 3 is 1.98 bits per heavy atom. The minimum absolute atomic E-state index is 0.439. The van der Waals surface area contributed by atoms with Crippen LogP contribution in [-0.4, -0.2) is 6.54 Å². The Kier molecular flexibility index (Phi) is 8.23. The first-order chi connectivity index (χ1) is 30.2. The first-order valence-corrected chi connectivity index (χ1v) is 22.1. The Morgan fingerprint density at radius 1 is 0.525 bits per heavy atom. The maximum absolute atomic E-state index is 4.24. The molecule has 2 nitrogen and oxygen atoms in total. The summed E-state index contributed by atoms with van der Waals surface area (Å²) < 4.78 is 0. The van der Waals surface area contributed by atoms with Gasteiger partial charge in [0.05, 0.1) is 22.5 Å². The van der Waals surface area contributed by atoms with Crippen LogP contribution in [0.1, 0.15) is 45.4 Å². The van der Waals surface area contributed by atoms with Crippen molar-refractivity contribution in [1.29, 1.82) is 0 Å². The fourth-order valence-electron chi connectivity index (χ4n) is 10.8. The molecule has 0 unspecified atom stereocenters. The molecule has 0 fully saturated rings. The molecule has 0 bridgehead atoms. The number of para-hydroxylation sites is 2. The second kappa shape index (κ2) is 14.0. The molecule has 0 saturated heterocycles. The van der Waals surface area contributed by atoms with Crippen molar-refractivity contribution >= 4 is 57.4 Å².